The summed E-state index contributed by atoms with van der Waals surface area (Å²) in [5, 5.41) is 22.2. The van der Waals surface area contributed by atoms with Gasteiger partial charge in [0.05, 0.1) is 26.2 Å². The van der Waals surface area contributed by atoms with E-state index in [0.29, 0.717) is 41.0 Å². The van der Waals surface area contributed by atoms with Crippen LogP contribution in [0.5, 0.6) is 5.75 Å². The fourth-order valence-electron chi connectivity index (χ4n) is 4.78. The Hall–Kier alpha value is -4.95. The number of carbonyl (C=O) groups excluding carboxylic acids is 2. The van der Waals surface area contributed by atoms with Crippen molar-refractivity contribution in [3.05, 3.63) is 125 Å². The van der Waals surface area contributed by atoms with Gasteiger partial charge in [0.2, 0.25) is 0 Å². The zero-order chi connectivity index (χ0) is 29.9. The Labute approximate surface area is 245 Å². The normalized spacial score (nSPS) is 11.4. The summed E-state index contributed by atoms with van der Waals surface area (Å²) in [5.74, 6) is -1.02. The molecule has 0 radical (unpaired) electrons. The zero-order valence-corrected chi connectivity index (χ0v) is 23.4. The van der Waals surface area contributed by atoms with E-state index in [2.05, 4.69) is 5.32 Å². The minimum Gasteiger partial charge on any atom is -0.497 e. The van der Waals surface area contributed by atoms with Gasteiger partial charge in [-0.3, -0.25) is 14.4 Å². The summed E-state index contributed by atoms with van der Waals surface area (Å²) in [6.07, 6.45) is 0.304. The van der Waals surface area contributed by atoms with Gasteiger partial charge in [-0.15, -0.1) is 0 Å². The van der Waals surface area contributed by atoms with Crippen LogP contribution in [0.15, 0.2) is 103 Å². The van der Waals surface area contributed by atoms with Crippen molar-refractivity contribution in [2.24, 2.45) is 0 Å². The minimum atomic E-state index is -0.999. The molecule has 0 aliphatic carbocycles. The second-order valence-electron chi connectivity index (χ2n) is 9.75. The molecule has 3 N–H and O–H groups in total. The average Bonchev–Trinajstić information content (AvgIpc) is 3.03. The zero-order valence-electron chi connectivity index (χ0n) is 23.4. The van der Waals surface area contributed by atoms with E-state index < -0.39 is 17.9 Å². The van der Waals surface area contributed by atoms with Gasteiger partial charge in [-0.25, -0.2) is 0 Å². The second-order valence-corrected chi connectivity index (χ2v) is 9.75. The van der Waals surface area contributed by atoms with Crippen molar-refractivity contribution in [1.82, 2.24) is 10.2 Å². The van der Waals surface area contributed by atoms with Gasteiger partial charge in [-0.1, -0.05) is 78.9 Å². The second kappa shape index (κ2) is 14.6. The van der Waals surface area contributed by atoms with Crippen molar-refractivity contribution >= 4 is 17.8 Å². The Morgan fingerprint density at radius 1 is 0.810 bits per heavy atom. The summed E-state index contributed by atoms with van der Waals surface area (Å²) in [7, 11) is 1.59. The van der Waals surface area contributed by atoms with E-state index >= 15 is 0 Å². The third-order valence-corrected chi connectivity index (χ3v) is 7.00. The number of hydrogen-bond donors (Lipinski definition) is 3. The minimum absolute atomic E-state index is 0.0316. The number of nitrogens with zero attached hydrogens (tertiary/aromatic N) is 1. The Balaban J connectivity index is 1.63. The van der Waals surface area contributed by atoms with Gasteiger partial charge in [-0.05, 0) is 52.9 Å². The van der Waals surface area contributed by atoms with E-state index in [0.717, 1.165) is 11.1 Å². The Morgan fingerprint density at radius 2 is 1.45 bits per heavy atom. The first-order chi connectivity index (χ1) is 20.4. The van der Waals surface area contributed by atoms with E-state index in [-0.39, 0.29) is 25.5 Å². The van der Waals surface area contributed by atoms with Gasteiger partial charge >= 0.3 is 5.97 Å². The summed E-state index contributed by atoms with van der Waals surface area (Å²) in [6.45, 7) is 0.0493. The van der Waals surface area contributed by atoms with Crippen LogP contribution >= 0.6 is 0 Å². The van der Waals surface area contributed by atoms with E-state index in [1.54, 1.807) is 55.6 Å². The van der Waals surface area contributed by atoms with Crippen LogP contribution < -0.4 is 10.1 Å². The maximum Gasteiger partial charge on any atom is 0.305 e. The van der Waals surface area contributed by atoms with Gasteiger partial charge in [0.15, 0.2) is 0 Å². The molecule has 42 heavy (non-hydrogen) atoms. The number of hydrogen-bond acceptors (Lipinski definition) is 5. The van der Waals surface area contributed by atoms with Crippen molar-refractivity contribution < 1.29 is 29.3 Å². The summed E-state index contributed by atoms with van der Waals surface area (Å²) in [5.41, 5.74) is 3.53. The first-order valence-corrected chi connectivity index (χ1v) is 13.7. The van der Waals surface area contributed by atoms with E-state index in [4.69, 9.17) is 4.74 Å². The van der Waals surface area contributed by atoms with Crippen LogP contribution in [-0.4, -0.2) is 59.7 Å². The summed E-state index contributed by atoms with van der Waals surface area (Å²) in [4.78, 5) is 40.4. The Kier molecular flexibility index (Phi) is 10.4. The summed E-state index contributed by atoms with van der Waals surface area (Å²) in [6, 6.07) is 30.1. The molecule has 4 rings (SSSR count). The number of aliphatic carboxylic acids is 1. The maximum atomic E-state index is 14.0. The van der Waals surface area contributed by atoms with Gasteiger partial charge in [0.1, 0.15) is 5.75 Å². The number of carboxylic acids is 1. The molecule has 0 aromatic heterocycles. The predicted octanol–water partition coefficient (Wildman–Crippen LogP) is 4.99. The number of carbonyl (C=O) groups is 3. The third kappa shape index (κ3) is 7.62. The fourth-order valence-corrected chi connectivity index (χ4v) is 4.78. The summed E-state index contributed by atoms with van der Waals surface area (Å²) < 4.78 is 5.30. The number of aliphatic hydroxyl groups excluding tert-OH is 1. The number of nitrogens with one attached hydrogen (secondary N) is 1. The van der Waals surface area contributed by atoms with Crippen molar-refractivity contribution in [3.63, 3.8) is 0 Å². The van der Waals surface area contributed by atoms with Crippen LogP contribution in [-0.2, 0) is 11.2 Å². The number of benzene rings is 4. The molecule has 216 valence electrons. The molecule has 4 aromatic carbocycles. The molecule has 1 atom stereocenters. The smallest absolute Gasteiger partial charge is 0.305 e. The van der Waals surface area contributed by atoms with Gasteiger partial charge in [-0.2, -0.15) is 0 Å². The maximum absolute atomic E-state index is 14.0. The topological polar surface area (TPSA) is 116 Å². The molecule has 0 aliphatic heterocycles. The van der Waals surface area contributed by atoms with Crippen LogP contribution in [0, 0.1) is 0 Å². The molecule has 0 fully saturated rings. The molecule has 0 bridgehead atoms. The lowest BCUT2D eigenvalue weighted by Crippen LogP contribution is -2.35. The first-order valence-electron chi connectivity index (χ1n) is 13.7. The molecule has 4 aromatic rings. The molecule has 0 saturated carbocycles. The predicted molar refractivity (Wildman–Crippen MR) is 160 cm³/mol. The molecule has 8 nitrogen and oxygen atoms in total. The highest BCUT2D eigenvalue weighted by molar-refractivity contribution is 6.06. The molecule has 0 saturated heterocycles. The highest BCUT2D eigenvalue weighted by atomic mass is 16.5. The number of rotatable bonds is 13. The van der Waals surface area contributed by atoms with Crippen molar-refractivity contribution in [2.75, 3.05) is 26.8 Å². The molecule has 0 unspecified atom stereocenters. The molecule has 0 aliphatic rings. The van der Waals surface area contributed by atoms with Gasteiger partial charge in [0.25, 0.3) is 11.8 Å². The number of ether oxygens (including phenoxy) is 1. The highest BCUT2D eigenvalue weighted by Crippen LogP contribution is 2.29. The molecular formula is C34H34N2O6. The molecule has 0 spiro atoms. The molecular weight excluding hydrogens is 532 g/mol. The van der Waals surface area contributed by atoms with Crippen LogP contribution in [0.1, 0.15) is 44.3 Å². The first kappa shape index (κ1) is 30.0. The SMILES string of the molecule is COc1cccc(CCN(CCC(=O)O)C(=O)c2ccccc2-c2ccccc2C(=O)N[C@@H](CO)c2ccccc2)c1. The number of carboxylic acid groups (broad SMARTS) is 1. The lowest BCUT2D eigenvalue weighted by molar-refractivity contribution is -0.137. The van der Waals surface area contributed by atoms with Gasteiger partial charge < -0.3 is 25.2 Å². The van der Waals surface area contributed by atoms with Crippen molar-refractivity contribution in [2.45, 2.75) is 18.9 Å². The standard InChI is InChI=1S/C34H34N2O6/c1-42-26-13-9-10-24(22-26)18-20-36(21-19-32(38)39)34(41)30-17-8-6-15-28(30)27-14-5-7-16-29(27)33(40)35-31(23-37)25-11-3-2-4-12-25/h2-17,22,31,37H,18-21,23H2,1H3,(H,35,40)(H,38,39)/t31-/m0/s1. The Morgan fingerprint density at radius 3 is 2.12 bits per heavy atom. The largest absolute Gasteiger partial charge is 0.497 e. The number of aliphatic hydroxyl groups is 1. The lowest BCUT2D eigenvalue weighted by atomic mass is 9.94. The third-order valence-electron chi connectivity index (χ3n) is 7.00. The number of methoxy groups -OCH3 is 1. The molecule has 2 amide bonds. The van der Waals surface area contributed by atoms with Crippen LogP contribution in [0.4, 0.5) is 0 Å². The summed E-state index contributed by atoms with van der Waals surface area (Å²) >= 11 is 0. The van der Waals surface area contributed by atoms with Crippen LogP contribution in [0.2, 0.25) is 0 Å². The van der Waals surface area contributed by atoms with Gasteiger partial charge in [0, 0.05) is 24.2 Å². The fraction of sp³-hybridized carbons (Fsp3) is 0.206. The van der Waals surface area contributed by atoms with E-state index in [9.17, 15) is 24.6 Å². The van der Waals surface area contributed by atoms with Crippen LogP contribution in [0.25, 0.3) is 11.1 Å². The Bertz CT molecular complexity index is 1520. The lowest BCUT2D eigenvalue weighted by Gasteiger charge is -2.24. The van der Waals surface area contributed by atoms with E-state index in [1.807, 2.05) is 54.6 Å². The van der Waals surface area contributed by atoms with Crippen molar-refractivity contribution in [3.8, 4) is 16.9 Å². The van der Waals surface area contributed by atoms with Crippen molar-refractivity contribution in [1.29, 1.82) is 0 Å². The monoisotopic (exact) mass is 566 g/mol. The molecule has 0 heterocycles. The van der Waals surface area contributed by atoms with Crippen LogP contribution in [0.3, 0.4) is 0 Å². The molecule has 8 heteroatoms. The highest BCUT2D eigenvalue weighted by Gasteiger charge is 2.23. The van der Waals surface area contributed by atoms with E-state index in [1.165, 1.54) is 4.90 Å². The number of amides is 2. The average molecular weight is 567 g/mol. The quantitative estimate of drug-likeness (QED) is 0.210.